The van der Waals surface area contributed by atoms with Gasteiger partial charge in [0, 0.05) is 35.7 Å². The van der Waals surface area contributed by atoms with Crippen LogP contribution < -0.4 is 14.8 Å². The molecule has 43 heavy (non-hydrogen) atoms. The molecule has 0 fully saturated rings. The summed E-state index contributed by atoms with van der Waals surface area (Å²) in [6.45, 7) is 10.1. The molecular weight excluding hydrogens is 536 g/mol. The molecule has 0 saturated carbocycles. The third-order valence-corrected chi connectivity index (χ3v) is 8.45. The van der Waals surface area contributed by atoms with E-state index in [0.717, 1.165) is 42.8 Å². The quantitative estimate of drug-likeness (QED) is 0.252. The molecule has 1 N–H and O–H groups in total. The number of benzene rings is 3. The van der Waals surface area contributed by atoms with E-state index in [4.69, 9.17) is 0 Å². The molecule has 0 radical (unpaired) electrons. The molecule has 5 rings (SSSR count). The fourth-order valence-electron chi connectivity index (χ4n) is 5.85. The van der Waals surface area contributed by atoms with Gasteiger partial charge < -0.3 is 14.9 Å². The Hall–Kier alpha value is -4.65. The van der Waals surface area contributed by atoms with Crippen molar-refractivity contribution in [1.29, 1.82) is 0 Å². The second kappa shape index (κ2) is 13.1. The maximum Gasteiger partial charge on any atom is 0.357 e. The van der Waals surface area contributed by atoms with Gasteiger partial charge in [-0.1, -0.05) is 50.3 Å². The summed E-state index contributed by atoms with van der Waals surface area (Å²) in [6, 6.07) is 25.2. The number of nitrogens with zero attached hydrogens (tertiary/aromatic N) is 4. The maximum atomic E-state index is 13.0. The highest BCUT2D eigenvalue weighted by Gasteiger charge is 2.34. The van der Waals surface area contributed by atoms with Crippen LogP contribution in [0.5, 0.6) is 0 Å². The Morgan fingerprint density at radius 2 is 1.67 bits per heavy atom. The van der Waals surface area contributed by atoms with Crippen molar-refractivity contribution in [3.63, 3.8) is 0 Å². The molecule has 3 aromatic rings. The SMILES string of the molecule is CCC(C)N(c1ccc(N2CCCc3cc(/C=C/C=C4\C(=O)N(c5ccccc5)N=C4C(=O)O)ccc32)cc1)C(C)CC. The second-order valence-electron chi connectivity index (χ2n) is 11.2. The number of rotatable bonds is 10. The van der Waals surface area contributed by atoms with Crippen molar-refractivity contribution in [1.82, 2.24) is 0 Å². The van der Waals surface area contributed by atoms with Crippen molar-refractivity contribution < 1.29 is 14.7 Å². The number of anilines is 4. The molecule has 2 unspecified atom stereocenters. The van der Waals surface area contributed by atoms with Crippen LogP contribution in [-0.4, -0.2) is 41.3 Å². The maximum absolute atomic E-state index is 13.0. The second-order valence-corrected chi connectivity index (χ2v) is 11.2. The lowest BCUT2D eigenvalue weighted by molar-refractivity contribution is -0.129. The molecule has 0 saturated heterocycles. The first-order chi connectivity index (χ1) is 20.8. The van der Waals surface area contributed by atoms with Crippen molar-refractivity contribution in [2.24, 2.45) is 5.10 Å². The summed E-state index contributed by atoms with van der Waals surface area (Å²) >= 11 is 0. The summed E-state index contributed by atoms with van der Waals surface area (Å²) in [7, 11) is 0. The van der Waals surface area contributed by atoms with Crippen LogP contribution in [0, 0.1) is 0 Å². The Morgan fingerprint density at radius 3 is 2.33 bits per heavy atom. The van der Waals surface area contributed by atoms with Gasteiger partial charge in [-0.15, -0.1) is 0 Å². The molecule has 7 nitrogen and oxygen atoms in total. The first-order valence-electron chi connectivity index (χ1n) is 15.2. The highest BCUT2D eigenvalue weighted by atomic mass is 16.4. The highest BCUT2D eigenvalue weighted by molar-refractivity contribution is 6.52. The zero-order valence-corrected chi connectivity index (χ0v) is 25.4. The van der Waals surface area contributed by atoms with E-state index in [2.05, 4.69) is 85.1 Å². The van der Waals surface area contributed by atoms with Crippen LogP contribution in [0.1, 0.15) is 58.1 Å². The number of aliphatic carboxylic acids is 1. The summed E-state index contributed by atoms with van der Waals surface area (Å²) in [6.07, 6.45) is 9.42. The Balaban J connectivity index is 1.34. The van der Waals surface area contributed by atoms with E-state index < -0.39 is 11.9 Å². The van der Waals surface area contributed by atoms with Gasteiger partial charge in [0.25, 0.3) is 5.91 Å². The molecule has 2 aliphatic heterocycles. The minimum Gasteiger partial charge on any atom is -0.476 e. The standard InChI is InChI=1S/C36H40N4O3/c1-5-25(3)39(26(4)6-2)30-20-18-29(19-21-30)38-23-11-13-28-24-27(17-22-33(28)38)12-10-16-32-34(36(42)43)37-40(35(32)41)31-14-8-7-9-15-31/h7-10,12,14-22,24-26H,5-6,11,13,23H2,1-4H3,(H,42,43)/b12-10+,32-16-. The van der Waals surface area contributed by atoms with E-state index in [1.165, 1.54) is 28.7 Å². The molecule has 7 heteroatoms. The molecule has 3 aromatic carbocycles. The summed E-state index contributed by atoms with van der Waals surface area (Å²) in [5.74, 6) is -1.70. The number of carbonyl (C=O) groups is 2. The average Bonchev–Trinajstić information content (AvgIpc) is 3.37. The van der Waals surface area contributed by atoms with Crippen LogP contribution in [0.15, 0.2) is 95.6 Å². The van der Waals surface area contributed by atoms with Crippen molar-refractivity contribution in [2.45, 2.75) is 65.5 Å². The molecule has 222 valence electrons. The number of hydrogen-bond donors (Lipinski definition) is 1. The van der Waals surface area contributed by atoms with Crippen molar-refractivity contribution >= 4 is 46.4 Å². The molecule has 2 aliphatic rings. The number of carboxylic acid groups (broad SMARTS) is 1. The minimum atomic E-state index is -1.24. The fourth-order valence-corrected chi connectivity index (χ4v) is 5.85. The van der Waals surface area contributed by atoms with Crippen LogP contribution in [0.2, 0.25) is 0 Å². The number of fused-ring (bicyclic) bond motifs is 1. The lowest BCUT2D eigenvalue weighted by atomic mass is 9.98. The minimum absolute atomic E-state index is 0.0559. The zero-order chi connectivity index (χ0) is 30.5. The van der Waals surface area contributed by atoms with Crippen molar-refractivity contribution in [2.75, 3.05) is 21.4 Å². The Labute approximate surface area is 254 Å². The topological polar surface area (TPSA) is 76.5 Å². The molecule has 1 amide bonds. The largest absolute Gasteiger partial charge is 0.476 e. The van der Waals surface area contributed by atoms with Gasteiger partial charge in [0.2, 0.25) is 0 Å². The molecule has 2 heterocycles. The van der Waals surface area contributed by atoms with E-state index >= 15 is 0 Å². The van der Waals surface area contributed by atoms with E-state index in [-0.39, 0.29) is 11.3 Å². The Kier molecular flexibility index (Phi) is 9.10. The van der Waals surface area contributed by atoms with Crippen LogP contribution >= 0.6 is 0 Å². The van der Waals surface area contributed by atoms with Crippen molar-refractivity contribution in [3.05, 3.63) is 102 Å². The number of allylic oxidation sites excluding steroid dienone is 2. The lowest BCUT2D eigenvalue weighted by Crippen LogP contribution is -2.39. The first-order valence-corrected chi connectivity index (χ1v) is 15.2. The van der Waals surface area contributed by atoms with Crippen LogP contribution in [0.3, 0.4) is 0 Å². The van der Waals surface area contributed by atoms with E-state index in [1.807, 2.05) is 12.1 Å². The van der Waals surface area contributed by atoms with Gasteiger partial charge in [0.15, 0.2) is 5.71 Å². The molecular formula is C36H40N4O3. The fraction of sp³-hybridized carbons (Fsp3) is 0.306. The van der Waals surface area contributed by atoms with E-state index in [0.29, 0.717) is 17.8 Å². The number of carboxylic acids is 1. The number of aryl methyl sites for hydroxylation is 1. The van der Waals surface area contributed by atoms with Crippen LogP contribution in [0.4, 0.5) is 22.7 Å². The van der Waals surface area contributed by atoms with Gasteiger partial charge in [0.1, 0.15) is 0 Å². The van der Waals surface area contributed by atoms with Gasteiger partial charge >= 0.3 is 5.97 Å². The monoisotopic (exact) mass is 576 g/mol. The number of hydrogen-bond acceptors (Lipinski definition) is 5. The van der Waals surface area contributed by atoms with Gasteiger partial charge in [0.05, 0.1) is 11.3 Å². The van der Waals surface area contributed by atoms with E-state index in [9.17, 15) is 14.7 Å². The van der Waals surface area contributed by atoms with Crippen molar-refractivity contribution in [3.8, 4) is 0 Å². The predicted octanol–water partition coefficient (Wildman–Crippen LogP) is 7.60. The molecule has 0 spiro atoms. The zero-order valence-electron chi connectivity index (χ0n) is 25.4. The molecule has 0 bridgehead atoms. The molecule has 0 aromatic heterocycles. The average molecular weight is 577 g/mol. The highest BCUT2D eigenvalue weighted by Crippen LogP contribution is 2.36. The Bertz CT molecular complexity index is 1550. The van der Waals surface area contributed by atoms with E-state index in [1.54, 1.807) is 30.3 Å². The van der Waals surface area contributed by atoms with Crippen LogP contribution in [0.25, 0.3) is 6.08 Å². The summed E-state index contributed by atoms with van der Waals surface area (Å²) < 4.78 is 0. The van der Waals surface area contributed by atoms with Gasteiger partial charge in [-0.3, -0.25) is 4.79 Å². The summed E-state index contributed by atoms with van der Waals surface area (Å²) in [5.41, 5.74) is 6.24. The number of carbonyl (C=O) groups excluding carboxylic acids is 1. The summed E-state index contributed by atoms with van der Waals surface area (Å²) in [5, 5.41) is 14.9. The molecule has 0 aliphatic carbocycles. The predicted molar refractivity (Wildman–Crippen MR) is 176 cm³/mol. The molecule has 2 atom stereocenters. The first kappa shape index (κ1) is 29.8. The van der Waals surface area contributed by atoms with Gasteiger partial charge in [-0.25, -0.2) is 4.79 Å². The third kappa shape index (κ3) is 6.26. The normalized spacial score (nSPS) is 17.3. The number of para-hydroxylation sites is 1. The van der Waals surface area contributed by atoms with Crippen LogP contribution in [-0.2, 0) is 16.0 Å². The van der Waals surface area contributed by atoms with Gasteiger partial charge in [-0.2, -0.15) is 10.1 Å². The summed E-state index contributed by atoms with van der Waals surface area (Å²) in [4.78, 5) is 29.8. The number of hydrazone groups is 1. The number of amides is 1. The van der Waals surface area contributed by atoms with Gasteiger partial charge in [-0.05, 0) is 105 Å². The third-order valence-electron chi connectivity index (χ3n) is 8.45. The Morgan fingerprint density at radius 1 is 0.977 bits per heavy atom. The lowest BCUT2D eigenvalue weighted by Gasteiger charge is -2.37. The smallest absolute Gasteiger partial charge is 0.357 e.